The topological polar surface area (TPSA) is 71.4 Å². The molecular weight excluding hydrogens is 287 g/mol. The molecule has 5 heteroatoms. The zero-order valence-corrected chi connectivity index (χ0v) is 12.8. The lowest BCUT2D eigenvalue weighted by atomic mass is 9.60. The summed E-state index contributed by atoms with van der Waals surface area (Å²) in [5.41, 5.74) is -1.47. The number of carbonyl (C=O) groups excluding carboxylic acids is 3. The van der Waals surface area contributed by atoms with Crippen LogP contribution < -0.4 is 0 Å². The summed E-state index contributed by atoms with van der Waals surface area (Å²) in [5.74, 6) is -4.91. The summed E-state index contributed by atoms with van der Waals surface area (Å²) in [6.45, 7) is 3.94. The second-order valence-corrected chi connectivity index (χ2v) is 6.22. The highest BCUT2D eigenvalue weighted by molar-refractivity contribution is 6.05. The number of halogens is 1. The van der Waals surface area contributed by atoms with Gasteiger partial charge in [-0.2, -0.15) is 0 Å². The van der Waals surface area contributed by atoms with Gasteiger partial charge in [-0.1, -0.05) is 18.2 Å². The molecule has 0 unspecified atom stereocenters. The molecule has 22 heavy (non-hydrogen) atoms. The third-order valence-electron chi connectivity index (χ3n) is 4.41. The summed E-state index contributed by atoms with van der Waals surface area (Å²) >= 11 is 0. The van der Waals surface area contributed by atoms with E-state index >= 15 is 0 Å². The predicted octanol–water partition coefficient (Wildman–Crippen LogP) is 2.04. The minimum atomic E-state index is -1.60. The summed E-state index contributed by atoms with van der Waals surface area (Å²) in [7, 11) is 0. The molecule has 2 rings (SSSR count). The van der Waals surface area contributed by atoms with Gasteiger partial charge in [0.1, 0.15) is 23.2 Å². The van der Waals surface area contributed by atoms with Crippen molar-refractivity contribution in [3.05, 3.63) is 35.6 Å². The van der Waals surface area contributed by atoms with Crippen molar-refractivity contribution in [1.29, 1.82) is 0 Å². The van der Waals surface area contributed by atoms with Gasteiger partial charge in [0.2, 0.25) is 0 Å². The van der Waals surface area contributed by atoms with Crippen LogP contribution in [-0.4, -0.2) is 28.1 Å². The van der Waals surface area contributed by atoms with E-state index < -0.39 is 40.7 Å². The van der Waals surface area contributed by atoms with Crippen LogP contribution in [0.4, 0.5) is 4.39 Å². The third kappa shape index (κ3) is 2.73. The minimum absolute atomic E-state index is 0.122. The number of benzene rings is 1. The van der Waals surface area contributed by atoms with Crippen molar-refractivity contribution >= 4 is 17.3 Å². The van der Waals surface area contributed by atoms with Gasteiger partial charge in [0, 0.05) is 12.3 Å². The van der Waals surface area contributed by atoms with Gasteiger partial charge in [-0.15, -0.1) is 0 Å². The Balaban J connectivity index is 2.68. The number of rotatable bonds is 3. The fourth-order valence-electron chi connectivity index (χ4n) is 3.63. The van der Waals surface area contributed by atoms with Crippen molar-refractivity contribution in [1.82, 2.24) is 0 Å². The third-order valence-corrected chi connectivity index (χ3v) is 4.41. The van der Waals surface area contributed by atoms with Gasteiger partial charge < -0.3 is 5.11 Å². The monoisotopic (exact) mass is 306 g/mol. The van der Waals surface area contributed by atoms with Crippen LogP contribution in [0.15, 0.2) is 24.3 Å². The Labute approximate surface area is 128 Å². The van der Waals surface area contributed by atoms with Crippen molar-refractivity contribution < 1.29 is 23.9 Å². The Hall–Kier alpha value is -1.88. The molecule has 0 saturated heterocycles. The van der Waals surface area contributed by atoms with Gasteiger partial charge in [-0.05, 0) is 32.4 Å². The van der Waals surface area contributed by atoms with Gasteiger partial charge in [-0.3, -0.25) is 14.4 Å². The van der Waals surface area contributed by atoms with Crippen LogP contribution in [0, 0.1) is 17.7 Å². The van der Waals surface area contributed by atoms with E-state index in [4.69, 9.17) is 0 Å². The van der Waals surface area contributed by atoms with E-state index in [0.29, 0.717) is 0 Å². The molecule has 0 aromatic heterocycles. The summed E-state index contributed by atoms with van der Waals surface area (Å²) in [6.07, 6.45) is -0.285. The Kier molecular flexibility index (Phi) is 4.29. The van der Waals surface area contributed by atoms with E-state index in [-0.39, 0.29) is 17.8 Å². The fraction of sp³-hybridized carbons (Fsp3) is 0.471. The molecule has 0 aliphatic heterocycles. The van der Waals surface area contributed by atoms with Crippen LogP contribution in [0.1, 0.15) is 38.7 Å². The highest BCUT2D eigenvalue weighted by Gasteiger charge is 2.54. The van der Waals surface area contributed by atoms with Crippen LogP contribution in [0.2, 0.25) is 0 Å². The van der Waals surface area contributed by atoms with Crippen molar-refractivity contribution in [3.63, 3.8) is 0 Å². The number of hydrogen-bond acceptors (Lipinski definition) is 4. The number of carbonyl (C=O) groups is 3. The van der Waals surface area contributed by atoms with Crippen LogP contribution in [-0.2, 0) is 14.4 Å². The van der Waals surface area contributed by atoms with Gasteiger partial charge in [0.15, 0.2) is 0 Å². The maximum Gasteiger partial charge on any atom is 0.146 e. The average molecular weight is 306 g/mol. The second-order valence-electron chi connectivity index (χ2n) is 6.22. The minimum Gasteiger partial charge on any atom is -0.389 e. The molecule has 1 saturated carbocycles. The first kappa shape index (κ1) is 16.5. The van der Waals surface area contributed by atoms with Crippen molar-refractivity contribution in [2.24, 2.45) is 11.8 Å². The SMILES string of the molecule is CC(=O)[C@H]1C(=O)C[C@](C)(O)[C@@H](C(C)=O)[C@H]1c1ccccc1F. The average Bonchev–Trinajstić information content (AvgIpc) is 2.35. The van der Waals surface area contributed by atoms with Gasteiger partial charge in [0.05, 0.1) is 17.4 Å². The van der Waals surface area contributed by atoms with Crippen molar-refractivity contribution in [3.8, 4) is 0 Å². The summed E-state index contributed by atoms with van der Waals surface area (Å²) in [4.78, 5) is 36.3. The number of Topliss-reactive ketones (excluding diaryl/α,β-unsaturated/α-hetero) is 3. The zero-order valence-electron chi connectivity index (χ0n) is 12.8. The van der Waals surface area contributed by atoms with Crippen molar-refractivity contribution in [2.45, 2.75) is 38.7 Å². The molecule has 0 amide bonds. The van der Waals surface area contributed by atoms with Crippen LogP contribution in [0.3, 0.4) is 0 Å². The first-order chi connectivity index (χ1) is 10.2. The molecule has 4 nitrogen and oxygen atoms in total. The largest absolute Gasteiger partial charge is 0.389 e. The van der Waals surface area contributed by atoms with Gasteiger partial charge >= 0.3 is 0 Å². The van der Waals surface area contributed by atoms with Crippen LogP contribution >= 0.6 is 0 Å². The second kappa shape index (κ2) is 5.72. The molecule has 1 fully saturated rings. The Bertz CT molecular complexity index is 635. The molecule has 0 bridgehead atoms. The Morgan fingerprint density at radius 1 is 1.23 bits per heavy atom. The molecule has 1 aromatic carbocycles. The van der Waals surface area contributed by atoms with E-state index in [1.165, 1.54) is 39.0 Å². The molecule has 4 atom stereocenters. The highest BCUT2D eigenvalue weighted by atomic mass is 19.1. The lowest BCUT2D eigenvalue weighted by molar-refractivity contribution is -0.151. The molecule has 0 spiro atoms. The summed E-state index contributed by atoms with van der Waals surface area (Å²) < 4.78 is 14.2. The van der Waals surface area contributed by atoms with Gasteiger partial charge in [-0.25, -0.2) is 4.39 Å². The molecule has 1 aliphatic carbocycles. The lowest BCUT2D eigenvalue weighted by Crippen LogP contribution is -2.54. The molecule has 1 aliphatic rings. The first-order valence-electron chi connectivity index (χ1n) is 7.17. The van der Waals surface area contributed by atoms with Gasteiger partial charge in [0.25, 0.3) is 0 Å². The normalized spacial score (nSPS) is 31.9. The predicted molar refractivity (Wildman–Crippen MR) is 77.7 cm³/mol. The standard InChI is InChI=1S/C17H19FO4/c1-9(19)14-13(21)8-17(3,22)16(10(2)20)15(14)11-6-4-5-7-12(11)18/h4-7,14-16,22H,8H2,1-3H3/t14-,15-,16-,17-/m0/s1. The zero-order chi connectivity index (χ0) is 16.7. The maximum atomic E-state index is 14.2. The quantitative estimate of drug-likeness (QED) is 0.868. The number of hydrogen-bond donors (Lipinski definition) is 1. The number of aliphatic hydroxyl groups is 1. The van der Waals surface area contributed by atoms with E-state index in [1.54, 1.807) is 6.07 Å². The smallest absolute Gasteiger partial charge is 0.146 e. The lowest BCUT2D eigenvalue weighted by Gasteiger charge is -2.44. The van der Waals surface area contributed by atoms with Crippen LogP contribution in [0.5, 0.6) is 0 Å². The number of ketones is 3. The Morgan fingerprint density at radius 2 is 1.82 bits per heavy atom. The molecule has 118 valence electrons. The molecular formula is C17H19FO4. The van der Waals surface area contributed by atoms with Crippen molar-refractivity contribution in [2.75, 3.05) is 0 Å². The molecule has 1 aromatic rings. The van der Waals surface area contributed by atoms with E-state index in [1.807, 2.05) is 0 Å². The Morgan fingerprint density at radius 3 is 2.32 bits per heavy atom. The molecule has 1 N–H and O–H groups in total. The highest BCUT2D eigenvalue weighted by Crippen LogP contribution is 2.46. The van der Waals surface area contributed by atoms with E-state index in [2.05, 4.69) is 0 Å². The van der Waals surface area contributed by atoms with Crippen LogP contribution in [0.25, 0.3) is 0 Å². The molecule has 0 heterocycles. The van der Waals surface area contributed by atoms with E-state index in [9.17, 15) is 23.9 Å². The fourth-order valence-corrected chi connectivity index (χ4v) is 3.63. The summed E-state index contributed by atoms with van der Waals surface area (Å²) in [6, 6.07) is 5.76. The first-order valence-corrected chi connectivity index (χ1v) is 7.17. The molecule has 0 radical (unpaired) electrons. The summed E-state index contributed by atoms with van der Waals surface area (Å²) in [5, 5.41) is 10.5. The maximum absolute atomic E-state index is 14.2. The van der Waals surface area contributed by atoms with E-state index in [0.717, 1.165) is 0 Å².